The molecule has 0 fully saturated rings. The largest absolute Gasteiger partial charge is 0.463 e. The van der Waals surface area contributed by atoms with E-state index in [0.717, 1.165) is 5.56 Å². The summed E-state index contributed by atoms with van der Waals surface area (Å²) in [6, 6.07) is 5.96. The summed E-state index contributed by atoms with van der Waals surface area (Å²) in [4.78, 5) is 25.0. The van der Waals surface area contributed by atoms with Crippen molar-refractivity contribution in [3.8, 4) is 0 Å². The average Bonchev–Trinajstić information content (AvgIpc) is 3.15. The first kappa shape index (κ1) is 21.1. The Hall–Kier alpha value is -2.59. The van der Waals surface area contributed by atoms with E-state index in [1.807, 2.05) is 13.8 Å². The summed E-state index contributed by atoms with van der Waals surface area (Å²) in [7, 11) is 0. The van der Waals surface area contributed by atoms with Gasteiger partial charge in [0.15, 0.2) is 0 Å². The molecule has 1 aromatic heterocycles. The molecular weight excluding hydrogens is 416 g/mol. The smallest absolute Gasteiger partial charge is 0.338 e. The molecule has 1 aliphatic rings. The number of nitrogens with one attached hydrogen (secondary N) is 2. The molecule has 0 unspecified atom stereocenters. The summed E-state index contributed by atoms with van der Waals surface area (Å²) in [5, 5.41) is 18.4. The number of amides is 2. The lowest BCUT2D eigenvalue weighted by atomic mass is 9.95. The zero-order valence-electron chi connectivity index (χ0n) is 16.2. The third kappa shape index (κ3) is 4.88. The minimum Gasteiger partial charge on any atom is -0.463 e. The van der Waals surface area contributed by atoms with Crippen molar-refractivity contribution in [1.82, 2.24) is 30.8 Å². The minimum atomic E-state index is -0.656. The number of tetrazole rings is 1. The first-order valence-corrected chi connectivity index (χ1v) is 10.4. The van der Waals surface area contributed by atoms with Crippen LogP contribution >= 0.6 is 23.4 Å². The molecule has 2 aromatic rings. The maximum absolute atomic E-state index is 12.8. The van der Waals surface area contributed by atoms with Crippen molar-refractivity contribution >= 4 is 35.4 Å². The average molecular weight is 437 g/mol. The summed E-state index contributed by atoms with van der Waals surface area (Å²) in [5.74, 6) is -0.210. The lowest BCUT2D eigenvalue weighted by molar-refractivity contribution is -0.139. The molecule has 2 heterocycles. The highest BCUT2D eigenvalue weighted by molar-refractivity contribution is 7.99. The maximum Gasteiger partial charge on any atom is 0.338 e. The van der Waals surface area contributed by atoms with E-state index in [1.54, 1.807) is 35.9 Å². The van der Waals surface area contributed by atoms with Crippen LogP contribution in [0.25, 0.3) is 0 Å². The van der Waals surface area contributed by atoms with Gasteiger partial charge in [-0.05, 0) is 48.9 Å². The number of hydrogen-bond acceptors (Lipinski definition) is 7. The molecule has 0 radical (unpaired) electrons. The van der Waals surface area contributed by atoms with Crippen LogP contribution < -0.4 is 10.6 Å². The molecule has 0 saturated carbocycles. The summed E-state index contributed by atoms with van der Waals surface area (Å²) in [6.45, 7) is 5.88. The molecule has 154 valence electrons. The molecule has 1 atom stereocenters. The molecule has 2 N–H and O–H groups in total. The van der Waals surface area contributed by atoms with Crippen LogP contribution in [0.1, 0.15) is 38.4 Å². The first-order valence-electron chi connectivity index (χ1n) is 9.04. The first-order chi connectivity index (χ1) is 13.9. The van der Waals surface area contributed by atoms with Crippen molar-refractivity contribution in [2.24, 2.45) is 0 Å². The monoisotopic (exact) mass is 436 g/mol. The lowest BCUT2D eigenvalue weighted by Crippen LogP contribution is -2.46. The predicted octanol–water partition coefficient (Wildman–Crippen LogP) is 2.87. The Morgan fingerprint density at radius 2 is 2.07 bits per heavy atom. The van der Waals surface area contributed by atoms with Gasteiger partial charge in [-0.15, -0.1) is 5.10 Å². The SMILES string of the molecule is CCOC(=O)C1=C(CSc2nnnn2C(C)C)NC(=O)N[C@H]1c1ccc(Cl)cc1. The predicted molar refractivity (Wildman–Crippen MR) is 108 cm³/mol. The Morgan fingerprint density at radius 1 is 1.34 bits per heavy atom. The number of carbonyl (C=O) groups is 2. The van der Waals surface area contributed by atoms with Crippen LogP contribution in [0.15, 0.2) is 40.7 Å². The summed E-state index contributed by atoms with van der Waals surface area (Å²) >= 11 is 7.30. The number of hydrogen-bond donors (Lipinski definition) is 2. The Kier molecular flexibility index (Phi) is 6.75. The number of esters is 1. The normalized spacial score (nSPS) is 16.6. The van der Waals surface area contributed by atoms with Gasteiger partial charge in [0, 0.05) is 16.5 Å². The number of rotatable bonds is 7. The molecule has 1 aromatic carbocycles. The van der Waals surface area contributed by atoms with Gasteiger partial charge < -0.3 is 15.4 Å². The number of halogens is 1. The third-order valence-electron chi connectivity index (χ3n) is 4.15. The van der Waals surface area contributed by atoms with Crippen molar-refractivity contribution in [1.29, 1.82) is 0 Å². The van der Waals surface area contributed by atoms with Crippen LogP contribution in [0, 0.1) is 0 Å². The van der Waals surface area contributed by atoms with Crippen molar-refractivity contribution in [2.45, 2.75) is 38.0 Å². The molecule has 0 spiro atoms. The van der Waals surface area contributed by atoms with E-state index in [2.05, 4.69) is 26.2 Å². The highest BCUT2D eigenvalue weighted by atomic mass is 35.5. The molecule has 29 heavy (non-hydrogen) atoms. The molecule has 3 rings (SSSR count). The van der Waals surface area contributed by atoms with Crippen LogP contribution in [0.3, 0.4) is 0 Å². The van der Waals surface area contributed by atoms with Gasteiger partial charge >= 0.3 is 12.0 Å². The molecule has 11 heteroatoms. The number of ether oxygens (including phenoxy) is 1. The van der Waals surface area contributed by atoms with Crippen molar-refractivity contribution < 1.29 is 14.3 Å². The Bertz CT molecular complexity index is 928. The number of urea groups is 1. The van der Waals surface area contributed by atoms with Gasteiger partial charge in [-0.2, -0.15) is 0 Å². The van der Waals surface area contributed by atoms with Gasteiger partial charge in [-0.1, -0.05) is 35.5 Å². The van der Waals surface area contributed by atoms with Crippen LogP contribution in [0.2, 0.25) is 5.02 Å². The van der Waals surface area contributed by atoms with Gasteiger partial charge in [0.25, 0.3) is 0 Å². The zero-order valence-corrected chi connectivity index (χ0v) is 17.8. The van der Waals surface area contributed by atoms with E-state index in [4.69, 9.17) is 16.3 Å². The topological polar surface area (TPSA) is 111 Å². The Labute approximate surface area is 177 Å². The van der Waals surface area contributed by atoms with Gasteiger partial charge in [0.05, 0.1) is 24.3 Å². The Balaban J connectivity index is 1.96. The summed E-state index contributed by atoms with van der Waals surface area (Å²) < 4.78 is 6.93. The molecular formula is C18H21ClN6O3S. The number of aromatic nitrogens is 4. The quantitative estimate of drug-likeness (QED) is 0.507. The van der Waals surface area contributed by atoms with Crippen LogP contribution in [-0.4, -0.2) is 44.6 Å². The van der Waals surface area contributed by atoms with Crippen molar-refractivity contribution in [3.05, 3.63) is 46.1 Å². The maximum atomic E-state index is 12.8. The van der Waals surface area contributed by atoms with Gasteiger partial charge in [-0.25, -0.2) is 14.3 Å². The van der Waals surface area contributed by atoms with Crippen molar-refractivity contribution in [3.63, 3.8) is 0 Å². The summed E-state index contributed by atoms with van der Waals surface area (Å²) in [5.41, 5.74) is 1.52. The molecule has 2 amide bonds. The van der Waals surface area contributed by atoms with E-state index >= 15 is 0 Å². The summed E-state index contributed by atoms with van der Waals surface area (Å²) in [6.07, 6.45) is 0. The van der Waals surface area contributed by atoms with Crippen molar-refractivity contribution in [2.75, 3.05) is 12.4 Å². The van der Waals surface area contributed by atoms with E-state index < -0.39 is 18.0 Å². The second-order valence-corrected chi connectivity index (χ2v) is 7.86. The second kappa shape index (κ2) is 9.27. The Morgan fingerprint density at radius 3 is 2.72 bits per heavy atom. The molecule has 0 aliphatic carbocycles. The standard InChI is InChI=1S/C18H21ClN6O3S/c1-4-28-16(26)14-13(9-29-18-22-23-24-25(18)10(2)3)20-17(27)21-15(14)11-5-7-12(19)8-6-11/h5-8,10,15H,4,9H2,1-3H3,(H2,20,21,27)/t15-/m0/s1. The minimum absolute atomic E-state index is 0.0791. The number of carbonyl (C=O) groups excluding carboxylic acids is 2. The van der Waals surface area contributed by atoms with E-state index in [9.17, 15) is 9.59 Å². The van der Waals surface area contributed by atoms with Crippen LogP contribution in [-0.2, 0) is 9.53 Å². The molecule has 0 bridgehead atoms. The highest BCUT2D eigenvalue weighted by Crippen LogP contribution is 2.31. The highest BCUT2D eigenvalue weighted by Gasteiger charge is 2.34. The fraction of sp³-hybridized carbons (Fsp3) is 0.389. The van der Waals surface area contributed by atoms with Crippen LogP contribution in [0.4, 0.5) is 4.79 Å². The van der Waals surface area contributed by atoms with E-state index in [1.165, 1.54) is 11.8 Å². The zero-order chi connectivity index (χ0) is 21.0. The number of benzene rings is 1. The fourth-order valence-electron chi connectivity index (χ4n) is 2.83. The number of thioether (sulfide) groups is 1. The van der Waals surface area contributed by atoms with Gasteiger partial charge in [-0.3, -0.25) is 0 Å². The molecule has 1 aliphatic heterocycles. The molecule has 0 saturated heterocycles. The molecule has 9 nitrogen and oxygen atoms in total. The van der Waals surface area contributed by atoms with Gasteiger partial charge in [0.2, 0.25) is 5.16 Å². The third-order valence-corrected chi connectivity index (χ3v) is 5.36. The second-order valence-electron chi connectivity index (χ2n) is 6.48. The van der Waals surface area contributed by atoms with E-state index in [-0.39, 0.29) is 12.6 Å². The van der Waals surface area contributed by atoms with Gasteiger partial charge in [0.1, 0.15) is 0 Å². The lowest BCUT2D eigenvalue weighted by Gasteiger charge is -2.29. The van der Waals surface area contributed by atoms with Crippen LogP contribution in [0.5, 0.6) is 0 Å². The van der Waals surface area contributed by atoms with E-state index in [0.29, 0.717) is 27.2 Å². The fourth-order valence-corrected chi connectivity index (χ4v) is 3.93. The number of nitrogens with zero attached hydrogens (tertiary/aromatic N) is 4.